The first-order valence-electron chi connectivity index (χ1n) is 8.61. The van der Waals surface area contributed by atoms with E-state index in [4.69, 9.17) is 14.5 Å². The molecule has 7 heteroatoms. The molecule has 0 heterocycles. The minimum Gasteiger partial charge on any atom is -0.382 e. The van der Waals surface area contributed by atoms with Gasteiger partial charge in [0.25, 0.3) is 0 Å². The Hall–Kier alpha value is -0.510. The van der Waals surface area contributed by atoms with E-state index in [1.807, 2.05) is 11.8 Å². The lowest BCUT2D eigenvalue weighted by molar-refractivity contribution is 0.0733. The Morgan fingerprint density at radius 1 is 1.16 bits per heavy atom. The Balaban J connectivity index is 0.00000312. The van der Waals surface area contributed by atoms with Crippen molar-refractivity contribution >= 4 is 41.7 Å². The molecule has 0 aromatic heterocycles. The molecule has 0 unspecified atom stereocenters. The molecule has 2 N–H and O–H groups in total. The number of hydrogen-bond donors (Lipinski definition) is 2. The van der Waals surface area contributed by atoms with Crippen molar-refractivity contribution in [3.63, 3.8) is 0 Å². The molecular formula is C18H30IN3O2S. The number of thioether (sulfide) groups is 1. The zero-order chi connectivity index (χ0) is 17.1. The molecular weight excluding hydrogens is 449 g/mol. The predicted octanol–water partition coefficient (Wildman–Crippen LogP) is 3.15. The number of halogens is 1. The molecule has 0 aliphatic heterocycles. The second-order valence-electron chi connectivity index (χ2n) is 5.83. The van der Waals surface area contributed by atoms with Gasteiger partial charge in [0.2, 0.25) is 0 Å². The van der Waals surface area contributed by atoms with Crippen LogP contribution in [0.4, 0.5) is 0 Å². The van der Waals surface area contributed by atoms with Gasteiger partial charge < -0.3 is 20.1 Å². The van der Waals surface area contributed by atoms with Crippen LogP contribution in [0.5, 0.6) is 0 Å². The lowest BCUT2D eigenvalue weighted by Crippen LogP contribution is -2.39. The predicted molar refractivity (Wildman–Crippen MR) is 116 cm³/mol. The minimum absolute atomic E-state index is 0. The van der Waals surface area contributed by atoms with E-state index in [0.717, 1.165) is 25.6 Å². The smallest absolute Gasteiger partial charge is 0.191 e. The van der Waals surface area contributed by atoms with Crippen LogP contribution in [0.1, 0.15) is 19.8 Å². The van der Waals surface area contributed by atoms with E-state index in [0.29, 0.717) is 19.8 Å². The zero-order valence-corrected chi connectivity index (χ0v) is 18.3. The average Bonchev–Trinajstić information content (AvgIpc) is 3.36. The fourth-order valence-corrected chi connectivity index (χ4v) is 3.45. The van der Waals surface area contributed by atoms with Crippen molar-refractivity contribution in [3.05, 3.63) is 30.3 Å². The van der Waals surface area contributed by atoms with Crippen molar-refractivity contribution in [1.29, 1.82) is 0 Å². The molecule has 0 radical (unpaired) electrons. The minimum atomic E-state index is 0. The maximum absolute atomic E-state index is 5.46. The number of ether oxygens (including phenoxy) is 2. The molecule has 5 nitrogen and oxygen atoms in total. The summed E-state index contributed by atoms with van der Waals surface area (Å²) in [5.74, 6) is 0.868. The van der Waals surface area contributed by atoms with Gasteiger partial charge in [0, 0.05) is 29.8 Å². The Labute approximate surface area is 172 Å². The molecule has 0 spiro atoms. The third-order valence-electron chi connectivity index (χ3n) is 3.73. The molecule has 0 saturated heterocycles. The number of guanidine groups is 1. The zero-order valence-electron chi connectivity index (χ0n) is 15.1. The fraction of sp³-hybridized carbons (Fsp3) is 0.611. The van der Waals surface area contributed by atoms with Crippen molar-refractivity contribution in [1.82, 2.24) is 10.6 Å². The van der Waals surface area contributed by atoms with E-state index in [9.17, 15) is 0 Å². The van der Waals surface area contributed by atoms with Gasteiger partial charge in [-0.3, -0.25) is 4.99 Å². The molecule has 0 atom stereocenters. The third-order valence-corrected chi connectivity index (χ3v) is 5.20. The summed E-state index contributed by atoms with van der Waals surface area (Å²) < 4.78 is 10.7. The summed E-state index contributed by atoms with van der Waals surface area (Å²) in [4.78, 5) is 6.10. The van der Waals surface area contributed by atoms with Crippen LogP contribution in [0, 0.1) is 0 Å². The maximum Gasteiger partial charge on any atom is 0.191 e. The quantitative estimate of drug-likeness (QED) is 0.221. The van der Waals surface area contributed by atoms with Crippen molar-refractivity contribution in [3.8, 4) is 0 Å². The SMILES string of the molecule is CCNC(=NCC1(Sc2ccccc2)CC1)NCCOCCOC.I. The lowest BCUT2D eigenvalue weighted by atomic mass is 10.4. The molecule has 0 bridgehead atoms. The van der Waals surface area contributed by atoms with E-state index in [2.05, 4.69) is 47.9 Å². The van der Waals surface area contributed by atoms with Gasteiger partial charge in [-0.2, -0.15) is 0 Å². The molecule has 142 valence electrons. The Morgan fingerprint density at radius 2 is 1.92 bits per heavy atom. The number of methoxy groups -OCH3 is 1. The summed E-state index contributed by atoms with van der Waals surface area (Å²) in [6, 6.07) is 10.6. The average molecular weight is 479 g/mol. The number of nitrogens with zero attached hydrogens (tertiary/aromatic N) is 1. The Kier molecular flexibility index (Phi) is 11.5. The summed E-state index contributed by atoms with van der Waals surface area (Å²) in [6.45, 7) is 6.43. The van der Waals surface area contributed by atoms with Gasteiger partial charge in [-0.15, -0.1) is 35.7 Å². The van der Waals surface area contributed by atoms with Crippen molar-refractivity contribution in [2.45, 2.75) is 29.4 Å². The molecule has 0 amide bonds. The molecule has 2 rings (SSSR count). The highest BCUT2D eigenvalue weighted by Crippen LogP contribution is 2.51. The van der Waals surface area contributed by atoms with E-state index in [-0.39, 0.29) is 28.7 Å². The van der Waals surface area contributed by atoms with Gasteiger partial charge in [-0.05, 0) is 31.9 Å². The van der Waals surface area contributed by atoms with Crippen molar-refractivity contribution in [2.75, 3.05) is 46.6 Å². The van der Waals surface area contributed by atoms with Crippen LogP contribution in [0.3, 0.4) is 0 Å². The standard InChI is InChI=1S/C18H29N3O2S.HI/c1-3-19-17(20-11-12-23-14-13-22-2)21-15-18(9-10-18)24-16-7-5-4-6-8-16;/h4-8H,3,9-15H2,1-2H3,(H2,19,20,21);1H. The molecule has 1 aliphatic carbocycles. The highest BCUT2D eigenvalue weighted by atomic mass is 127. The van der Waals surface area contributed by atoms with Crippen LogP contribution < -0.4 is 10.6 Å². The number of benzene rings is 1. The molecule has 1 aromatic carbocycles. The number of hydrogen-bond acceptors (Lipinski definition) is 4. The first-order valence-corrected chi connectivity index (χ1v) is 9.42. The highest BCUT2D eigenvalue weighted by Gasteiger charge is 2.43. The van der Waals surface area contributed by atoms with Crippen LogP contribution in [0.15, 0.2) is 40.2 Å². The highest BCUT2D eigenvalue weighted by molar-refractivity contribution is 14.0. The normalized spacial score (nSPS) is 15.4. The monoisotopic (exact) mass is 479 g/mol. The van der Waals surface area contributed by atoms with E-state index in [1.54, 1.807) is 7.11 Å². The van der Waals surface area contributed by atoms with Crippen molar-refractivity contribution in [2.24, 2.45) is 4.99 Å². The van der Waals surface area contributed by atoms with Gasteiger partial charge >= 0.3 is 0 Å². The largest absolute Gasteiger partial charge is 0.382 e. The summed E-state index contributed by atoms with van der Waals surface area (Å²) >= 11 is 1.95. The summed E-state index contributed by atoms with van der Waals surface area (Å²) in [5, 5.41) is 6.62. The summed E-state index contributed by atoms with van der Waals surface area (Å²) in [6.07, 6.45) is 2.46. The molecule has 1 aromatic rings. The second-order valence-corrected chi connectivity index (χ2v) is 7.37. The number of rotatable bonds is 11. The van der Waals surface area contributed by atoms with Crippen LogP contribution in [-0.2, 0) is 9.47 Å². The topological polar surface area (TPSA) is 54.9 Å². The summed E-state index contributed by atoms with van der Waals surface area (Å²) in [7, 11) is 1.68. The lowest BCUT2D eigenvalue weighted by Gasteiger charge is -2.15. The van der Waals surface area contributed by atoms with Crippen LogP contribution in [0.25, 0.3) is 0 Å². The molecule has 1 saturated carbocycles. The molecule has 1 fully saturated rings. The van der Waals surface area contributed by atoms with E-state index in [1.165, 1.54) is 17.7 Å². The van der Waals surface area contributed by atoms with Crippen LogP contribution >= 0.6 is 35.7 Å². The number of aliphatic imine (C=N–C) groups is 1. The number of nitrogens with one attached hydrogen (secondary N) is 2. The van der Waals surface area contributed by atoms with Crippen LogP contribution in [-0.4, -0.2) is 57.3 Å². The summed E-state index contributed by atoms with van der Waals surface area (Å²) in [5.41, 5.74) is 0. The third kappa shape index (κ3) is 9.12. The van der Waals surface area contributed by atoms with Crippen LogP contribution in [0.2, 0.25) is 0 Å². The first-order chi connectivity index (χ1) is 11.8. The van der Waals surface area contributed by atoms with Gasteiger partial charge in [0.05, 0.1) is 26.4 Å². The maximum atomic E-state index is 5.46. The molecule has 1 aliphatic rings. The Bertz CT molecular complexity index is 498. The fourth-order valence-electron chi connectivity index (χ4n) is 2.22. The molecule has 25 heavy (non-hydrogen) atoms. The van der Waals surface area contributed by atoms with E-state index >= 15 is 0 Å². The Morgan fingerprint density at radius 3 is 2.56 bits per heavy atom. The van der Waals surface area contributed by atoms with Crippen molar-refractivity contribution < 1.29 is 9.47 Å². The van der Waals surface area contributed by atoms with Gasteiger partial charge in [0.1, 0.15) is 0 Å². The van der Waals surface area contributed by atoms with E-state index < -0.39 is 0 Å². The van der Waals surface area contributed by atoms with Gasteiger partial charge in [0.15, 0.2) is 5.96 Å². The van der Waals surface area contributed by atoms with Gasteiger partial charge in [-0.25, -0.2) is 0 Å². The second kappa shape index (κ2) is 12.8. The van der Waals surface area contributed by atoms with Gasteiger partial charge in [-0.1, -0.05) is 18.2 Å². The first kappa shape index (κ1) is 22.5.